The van der Waals surface area contributed by atoms with E-state index in [9.17, 15) is 9.18 Å². The molecule has 2 aromatic carbocycles. The van der Waals surface area contributed by atoms with E-state index < -0.39 is 0 Å². The van der Waals surface area contributed by atoms with Crippen molar-refractivity contribution in [1.29, 1.82) is 0 Å². The molecule has 0 saturated carbocycles. The first kappa shape index (κ1) is 18.2. The number of piperidine rings is 2. The summed E-state index contributed by atoms with van der Waals surface area (Å²) in [5.74, 6) is 0.542. The summed E-state index contributed by atoms with van der Waals surface area (Å²) < 4.78 is 13.2. The molecule has 4 heteroatoms. The van der Waals surface area contributed by atoms with Crippen LogP contribution in [0.1, 0.15) is 36.0 Å². The van der Waals surface area contributed by atoms with E-state index in [4.69, 9.17) is 0 Å². The van der Waals surface area contributed by atoms with Gasteiger partial charge in [-0.05, 0) is 48.9 Å². The molecule has 0 aromatic heterocycles. The van der Waals surface area contributed by atoms with E-state index in [1.165, 1.54) is 23.3 Å². The van der Waals surface area contributed by atoms with Gasteiger partial charge in [-0.3, -0.25) is 9.69 Å². The SMILES string of the molecule is Cc1cccc(CN2CC[C@H]3[C@H](CCC(=O)N3Cc3ccc(F)cc3)C2)c1. The van der Waals surface area contributed by atoms with Crippen molar-refractivity contribution in [3.8, 4) is 0 Å². The third-order valence-corrected chi connectivity index (χ3v) is 5.98. The van der Waals surface area contributed by atoms with Gasteiger partial charge in [-0.15, -0.1) is 0 Å². The van der Waals surface area contributed by atoms with Crippen molar-refractivity contribution < 1.29 is 9.18 Å². The summed E-state index contributed by atoms with van der Waals surface area (Å²) in [5, 5.41) is 0. The molecular weight excluding hydrogens is 339 g/mol. The van der Waals surface area contributed by atoms with Crippen LogP contribution in [-0.2, 0) is 17.9 Å². The Bertz CT molecular complexity index is 804. The molecule has 27 heavy (non-hydrogen) atoms. The Morgan fingerprint density at radius 1 is 1.04 bits per heavy atom. The van der Waals surface area contributed by atoms with Gasteiger partial charge in [0.15, 0.2) is 0 Å². The van der Waals surface area contributed by atoms with Crippen LogP contribution in [0.15, 0.2) is 48.5 Å². The smallest absolute Gasteiger partial charge is 0.223 e. The zero-order valence-electron chi connectivity index (χ0n) is 15.9. The molecule has 3 nitrogen and oxygen atoms in total. The van der Waals surface area contributed by atoms with E-state index in [0.29, 0.717) is 24.9 Å². The number of hydrogen-bond acceptors (Lipinski definition) is 2. The largest absolute Gasteiger partial charge is 0.335 e. The van der Waals surface area contributed by atoms with E-state index >= 15 is 0 Å². The van der Waals surface area contributed by atoms with Crippen LogP contribution in [0.3, 0.4) is 0 Å². The normalized spacial score (nSPS) is 23.3. The summed E-state index contributed by atoms with van der Waals surface area (Å²) in [7, 11) is 0. The minimum Gasteiger partial charge on any atom is -0.335 e. The van der Waals surface area contributed by atoms with E-state index in [1.54, 1.807) is 12.1 Å². The maximum Gasteiger partial charge on any atom is 0.223 e. The number of carbonyl (C=O) groups is 1. The molecule has 0 radical (unpaired) electrons. The molecular formula is C23H27FN2O. The van der Waals surface area contributed by atoms with Gasteiger partial charge in [-0.2, -0.15) is 0 Å². The van der Waals surface area contributed by atoms with Gasteiger partial charge in [0, 0.05) is 38.6 Å². The summed E-state index contributed by atoms with van der Waals surface area (Å²) in [6.07, 6.45) is 2.62. The molecule has 2 aliphatic heterocycles. The van der Waals surface area contributed by atoms with Crippen molar-refractivity contribution in [2.24, 2.45) is 5.92 Å². The number of carbonyl (C=O) groups excluding carboxylic acids is 1. The quantitative estimate of drug-likeness (QED) is 0.812. The molecule has 0 aliphatic carbocycles. The van der Waals surface area contributed by atoms with Crippen LogP contribution < -0.4 is 0 Å². The van der Waals surface area contributed by atoms with Gasteiger partial charge >= 0.3 is 0 Å². The second-order valence-corrected chi connectivity index (χ2v) is 8.03. The molecule has 0 bridgehead atoms. The first-order valence-electron chi connectivity index (χ1n) is 9.90. The second kappa shape index (κ2) is 7.81. The van der Waals surface area contributed by atoms with Gasteiger partial charge in [0.05, 0.1) is 0 Å². The van der Waals surface area contributed by atoms with Crippen molar-refractivity contribution in [3.05, 3.63) is 71.0 Å². The number of rotatable bonds is 4. The maximum atomic E-state index is 13.2. The number of benzene rings is 2. The van der Waals surface area contributed by atoms with Gasteiger partial charge in [-0.1, -0.05) is 42.0 Å². The molecule has 2 heterocycles. The van der Waals surface area contributed by atoms with Crippen molar-refractivity contribution in [3.63, 3.8) is 0 Å². The Morgan fingerprint density at radius 2 is 1.85 bits per heavy atom. The number of likely N-dealkylation sites (tertiary alicyclic amines) is 2. The predicted molar refractivity (Wildman–Crippen MR) is 105 cm³/mol. The minimum atomic E-state index is -0.231. The third-order valence-electron chi connectivity index (χ3n) is 5.98. The van der Waals surface area contributed by atoms with Gasteiger partial charge in [0.25, 0.3) is 0 Å². The average molecular weight is 366 g/mol. The molecule has 2 aromatic rings. The van der Waals surface area contributed by atoms with Crippen LogP contribution in [0.25, 0.3) is 0 Å². The van der Waals surface area contributed by atoms with E-state index in [1.807, 2.05) is 4.90 Å². The van der Waals surface area contributed by atoms with Gasteiger partial charge in [0.2, 0.25) is 5.91 Å². The number of nitrogens with zero attached hydrogens (tertiary/aromatic N) is 2. The lowest BCUT2D eigenvalue weighted by molar-refractivity contribution is -0.142. The van der Waals surface area contributed by atoms with E-state index in [2.05, 4.69) is 36.1 Å². The lowest BCUT2D eigenvalue weighted by Gasteiger charge is -2.47. The molecule has 4 rings (SSSR count). The highest BCUT2D eigenvalue weighted by Gasteiger charge is 2.39. The average Bonchev–Trinajstić information content (AvgIpc) is 2.66. The van der Waals surface area contributed by atoms with Crippen LogP contribution in [0.4, 0.5) is 4.39 Å². The fraction of sp³-hybridized carbons (Fsp3) is 0.435. The molecule has 2 atom stereocenters. The summed E-state index contributed by atoms with van der Waals surface area (Å²) in [6, 6.07) is 15.6. The summed E-state index contributed by atoms with van der Waals surface area (Å²) in [5.41, 5.74) is 3.67. The molecule has 1 amide bonds. The monoisotopic (exact) mass is 366 g/mol. The zero-order chi connectivity index (χ0) is 18.8. The topological polar surface area (TPSA) is 23.6 Å². The highest BCUT2D eigenvalue weighted by atomic mass is 19.1. The number of amides is 1. The number of aryl methyl sites for hydroxylation is 1. The summed E-state index contributed by atoms with van der Waals surface area (Å²) >= 11 is 0. The number of hydrogen-bond donors (Lipinski definition) is 0. The molecule has 2 saturated heterocycles. The number of fused-ring (bicyclic) bond motifs is 1. The van der Waals surface area contributed by atoms with Gasteiger partial charge in [0.1, 0.15) is 5.82 Å². The lowest BCUT2D eigenvalue weighted by Crippen LogP contribution is -2.55. The molecule has 0 N–H and O–H groups in total. The first-order chi connectivity index (χ1) is 13.1. The van der Waals surface area contributed by atoms with Crippen LogP contribution in [0.5, 0.6) is 0 Å². The lowest BCUT2D eigenvalue weighted by atomic mass is 9.83. The number of halogens is 1. The minimum absolute atomic E-state index is 0.231. The Labute approximate surface area is 160 Å². The Morgan fingerprint density at radius 3 is 2.63 bits per heavy atom. The first-order valence-corrected chi connectivity index (χ1v) is 9.90. The Kier molecular flexibility index (Phi) is 5.26. The fourth-order valence-corrected chi connectivity index (χ4v) is 4.63. The summed E-state index contributed by atoms with van der Waals surface area (Å²) in [4.78, 5) is 17.1. The van der Waals surface area contributed by atoms with Crippen molar-refractivity contribution in [1.82, 2.24) is 9.80 Å². The van der Waals surface area contributed by atoms with Crippen molar-refractivity contribution >= 4 is 5.91 Å². The Hall–Kier alpha value is -2.20. The van der Waals surface area contributed by atoms with E-state index in [0.717, 1.165) is 38.0 Å². The summed E-state index contributed by atoms with van der Waals surface area (Å²) in [6.45, 7) is 5.78. The van der Waals surface area contributed by atoms with Gasteiger partial charge in [-0.25, -0.2) is 4.39 Å². The fourth-order valence-electron chi connectivity index (χ4n) is 4.63. The third kappa shape index (κ3) is 4.22. The van der Waals surface area contributed by atoms with Crippen LogP contribution in [0, 0.1) is 18.7 Å². The highest BCUT2D eigenvalue weighted by molar-refractivity contribution is 5.77. The standard InChI is InChI=1S/C23H27FN2O/c1-17-3-2-4-19(13-17)14-25-12-11-22-20(16-25)7-10-23(27)26(22)15-18-5-8-21(24)9-6-18/h2-6,8-9,13,20,22H,7,10-12,14-16H2,1H3/t20-,22+/m1/s1. The molecule has 0 unspecified atom stereocenters. The zero-order valence-corrected chi connectivity index (χ0v) is 15.9. The second-order valence-electron chi connectivity index (χ2n) is 8.03. The van der Waals surface area contributed by atoms with Crippen LogP contribution in [-0.4, -0.2) is 34.8 Å². The van der Waals surface area contributed by atoms with Crippen molar-refractivity contribution in [2.75, 3.05) is 13.1 Å². The molecule has 142 valence electrons. The van der Waals surface area contributed by atoms with Crippen LogP contribution in [0.2, 0.25) is 0 Å². The van der Waals surface area contributed by atoms with Crippen molar-refractivity contribution in [2.45, 2.75) is 45.3 Å². The predicted octanol–water partition coefficient (Wildman–Crippen LogP) is 4.15. The van der Waals surface area contributed by atoms with E-state index in [-0.39, 0.29) is 11.7 Å². The molecule has 2 fully saturated rings. The van der Waals surface area contributed by atoms with Crippen LogP contribution >= 0.6 is 0 Å². The Balaban J connectivity index is 1.42. The van der Waals surface area contributed by atoms with Gasteiger partial charge < -0.3 is 4.90 Å². The maximum absolute atomic E-state index is 13.2. The molecule has 0 spiro atoms. The highest BCUT2D eigenvalue weighted by Crippen LogP contribution is 2.33. The molecule has 2 aliphatic rings.